The fraction of sp³-hybridized carbons (Fsp3) is 0.238. The van der Waals surface area contributed by atoms with Gasteiger partial charge in [-0.1, -0.05) is 97.0 Å². The minimum absolute atomic E-state index is 0.557. The summed E-state index contributed by atoms with van der Waals surface area (Å²) in [5, 5.41) is 0. The van der Waals surface area contributed by atoms with E-state index in [2.05, 4.69) is 81.5 Å². The third kappa shape index (κ3) is 4.46. The Labute approximate surface area is 128 Å². The van der Waals surface area contributed by atoms with Crippen molar-refractivity contribution in [3.05, 3.63) is 95.6 Å². The lowest BCUT2D eigenvalue weighted by Gasteiger charge is -2.24. The van der Waals surface area contributed by atoms with Crippen molar-refractivity contribution in [1.82, 2.24) is 0 Å². The molecule has 3 rings (SSSR count). The lowest BCUT2D eigenvalue weighted by atomic mass is 9.80. The fourth-order valence-electron chi connectivity index (χ4n) is 2.54. The van der Waals surface area contributed by atoms with E-state index in [1.165, 1.54) is 16.7 Å². The number of allylic oxidation sites excluding steroid dienone is 4. The maximum Gasteiger partial charge on any atom is 0.00839 e. The van der Waals surface area contributed by atoms with Crippen LogP contribution in [0.3, 0.4) is 0 Å². The van der Waals surface area contributed by atoms with Crippen molar-refractivity contribution in [1.29, 1.82) is 0 Å². The molecule has 0 amide bonds. The third-order valence-corrected chi connectivity index (χ3v) is 4.06. The molecular weight excluding hydrogens is 252 g/mol. The maximum absolute atomic E-state index is 2.30. The normalized spacial score (nSPS) is 20.2. The summed E-state index contributed by atoms with van der Waals surface area (Å²) in [7, 11) is 0. The second kappa shape index (κ2) is 7.64. The van der Waals surface area contributed by atoms with Crippen molar-refractivity contribution in [2.45, 2.75) is 26.7 Å². The number of rotatable bonds is 1. The molecule has 0 saturated heterocycles. The molecule has 2 unspecified atom stereocenters. The molecule has 108 valence electrons. The zero-order valence-corrected chi connectivity index (χ0v) is 13.2. The molecule has 0 bridgehead atoms. The van der Waals surface area contributed by atoms with E-state index in [4.69, 9.17) is 0 Å². The highest BCUT2D eigenvalue weighted by molar-refractivity contribution is 5.33. The first kappa shape index (κ1) is 15.3. The van der Waals surface area contributed by atoms with Crippen molar-refractivity contribution < 1.29 is 0 Å². The molecule has 0 nitrogen and oxygen atoms in total. The SMILES string of the molecule is CC1=CC=CC(c2ccccc2)C1C.Cc1ccccc1. The van der Waals surface area contributed by atoms with Crippen LogP contribution in [-0.4, -0.2) is 0 Å². The first-order valence-corrected chi connectivity index (χ1v) is 7.60. The minimum Gasteiger partial charge on any atom is -0.0764 e. The zero-order chi connectivity index (χ0) is 15.1. The largest absolute Gasteiger partial charge is 0.0764 e. The first-order chi connectivity index (χ1) is 10.2. The van der Waals surface area contributed by atoms with Crippen LogP contribution in [0.1, 0.15) is 30.9 Å². The molecule has 2 aromatic carbocycles. The number of hydrogen-bond donors (Lipinski definition) is 0. The highest BCUT2D eigenvalue weighted by atomic mass is 14.2. The van der Waals surface area contributed by atoms with E-state index in [0.29, 0.717) is 11.8 Å². The number of aryl methyl sites for hydroxylation is 1. The Bertz CT molecular complexity index is 590. The summed E-state index contributed by atoms with van der Waals surface area (Å²) in [4.78, 5) is 0. The second-order valence-electron chi connectivity index (χ2n) is 5.68. The highest BCUT2D eigenvalue weighted by Gasteiger charge is 2.19. The minimum atomic E-state index is 0.557. The summed E-state index contributed by atoms with van der Waals surface area (Å²) in [5.41, 5.74) is 4.22. The molecule has 0 aromatic heterocycles. The van der Waals surface area contributed by atoms with Gasteiger partial charge in [-0.15, -0.1) is 0 Å². The Morgan fingerprint density at radius 1 is 0.762 bits per heavy atom. The summed E-state index contributed by atoms with van der Waals surface area (Å²) < 4.78 is 0. The topological polar surface area (TPSA) is 0 Å². The summed E-state index contributed by atoms with van der Waals surface area (Å²) in [6, 6.07) is 21.0. The predicted molar refractivity (Wildman–Crippen MR) is 92.4 cm³/mol. The van der Waals surface area contributed by atoms with Crippen LogP contribution < -0.4 is 0 Å². The van der Waals surface area contributed by atoms with Crippen LogP contribution >= 0.6 is 0 Å². The van der Waals surface area contributed by atoms with Gasteiger partial charge in [-0.05, 0) is 25.3 Å². The third-order valence-electron chi connectivity index (χ3n) is 4.06. The smallest absolute Gasteiger partial charge is 0.00839 e. The predicted octanol–water partition coefficient (Wildman–Crippen LogP) is 5.92. The molecule has 0 saturated carbocycles. The van der Waals surface area contributed by atoms with Crippen LogP contribution in [0.2, 0.25) is 0 Å². The van der Waals surface area contributed by atoms with E-state index in [1.54, 1.807) is 0 Å². The molecule has 0 heteroatoms. The van der Waals surface area contributed by atoms with Gasteiger partial charge in [-0.3, -0.25) is 0 Å². The summed E-state index contributed by atoms with van der Waals surface area (Å²) in [6.45, 7) is 6.59. The Morgan fingerprint density at radius 2 is 1.33 bits per heavy atom. The standard InChI is InChI=1S/C14H16.C7H8/c1-11-7-6-10-14(12(11)2)13-8-4-3-5-9-13;1-7-5-3-2-4-6-7/h3-10,12,14H,1-2H3;2-6H,1H3. The molecule has 0 heterocycles. The second-order valence-corrected chi connectivity index (χ2v) is 5.68. The Kier molecular flexibility index (Phi) is 5.57. The van der Waals surface area contributed by atoms with Gasteiger partial charge in [0.2, 0.25) is 0 Å². The Morgan fingerprint density at radius 3 is 1.86 bits per heavy atom. The lowest BCUT2D eigenvalue weighted by Crippen LogP contribution is -2.11. The molecule has 21 heavy (non-hydrogen) atoms. The van der Waals surface area contributed by atoms with Gasteiger partial charge in [0.05, 0.1) is 0 Å². The summed E-state index contributed by atoms with van der Waals surface area (Å²) in [6.07, 6.45) is 6.68. The lowest BCUT2D eigenvalue weighted by molar-refractivity contribution is 0.598. The number of hydrogen-bond acceptors (Lipinski definition) is 0. The summed E-state index contributed by atoms with van der Waals surface area (Å²) >= 11 is 0. The first-order valence-electron chi connectivity index (χ1n) is 7.60. The van der Waals surface area contributed by atoms with Gasteiger partial charge in [0.25, 0.3) is 0 Å². The van der Waals surface area contributed by atoms with Gasteiger partial charge >= 0.3 is 0 Å². The average molecular weight is 276 g/mol. The summed E-state index contributed by atoms with van der Waals surface area (Å²) in [5.74, 6) is 1.18. The van der Waals surface area contributed by atoms with E-state index in [-0.39, 0.29) is 0 Å². The van der Waals surface area contributed by atoms with Gasteiger partial charge in [-0.2, -0.15) is 0 Å². The quantitative estimate of drug-likeness (QED) is 0.606. The molecule has 0 radical (unpaired) electrons. The van der Waals surface area contributed by atoms with E-state index in [0.717, 1.165) is 0 Å². The molecular formula is C21H24. The van der Waals surface area contributed by atoms with E-state index >= 15 is 0 Å². The van der Waals surface area contributed by atoms with Gasteiger partial charge < -0.3 is 0 Å². The Hall–Kier alpha value is -2.08. The maximum atomic E-state index is 2.30. The van der Waals surface area contributed by atoms with Gasteiger partial charge in [0.1, 0.15) is 0 Å². The molecule has 2 atom stereocenters. The monoisotopic (exact) mass is 276 g/mol. The number of benzene rings is 2. The molecule has 2 aromatic rings. The van der Waals surface area contributed by atoms with Crippen LogP contribution in [0.5, 0.6) is 0 Å². The molecule has 1 aliphatic rings. The van der Waals surface area contributed by atoms with Crippen molar-refractivity contribution in [2.24, 2.45) is 5.92 Å². The van der Waals surface area contributed by atoms with Crippen molar-refractivity contribution in [3.8, 4) is 0 Å². The van der Waals surface area contributed by atoms with E-state index in [9.17, 15) is 0 Å². The van der Waals surface area contributed by atoms with Gasteiger partial charge in [-0.25, -0.2) is 0 Å². The fourth-order valence-corrected chi connectivity index (χ4v) is 2.54. The van der Waals surface area contributed by atoms with Crippen LogP contribution in [0.15, 0.2) is 84.5 Å². The van der Waals surface area contributed by atoms with Crippen molar-refractivity contribution in [3.63, 3.8) is 0 Å². The van der Waals surface area contributed by atoms with Gasteiger partial charge in [0, 0.05) is 5.92 Å². The average Bonchev–Trinajstić information content (AvgIpc) is 2.52. The van der Waals surface area contributed by atoms with Crippen LogP contribution in [0, 0.1) is 12.8 Å². The molecule has 1 aliphatic carbocycles. The molecule has 0 aliphatic heterocycles. The van der Waals surface area contributed by atoms with E-state index in [1.807, 2.05) is 18.2 Å². The molecule has 0 N–H and O–H groups in total. The van der Waals surface area contributed by atoms with Crippen molar-refractivity contribution >= 4 is 0 Å². The molecule has 0 fully saturated rings. The van der Waals surface area contributed by atoms with Crippen LogP contribution in [-0.2, 0) is 0 Å². The van der Waals surface area contributed by atoms with Crippen LogP contribution in [0.25, 0.3) is 0 Å². The van der Waals surface area contributed by atoms with E-state index < -0.39 is 0 Å². The van der Waals surface area contributed by atoms with Crippen LogP contribution in [0.4, 0.5) is 0 Å². The van der Waals surface area contributed by atoms with Crippen molar-refractivity contribution in [2.75, 3.05) is 0 Å². The molecule has 0 spiro atoms. The van der Waals surface area contributed by atoms with Gasteiger partial charge in [0.15, 0.2) is 0 Å². The highest BCUT2D eigenvalue weighted by Crippen LogP contribution is 2.33. The Balaban J connectivity index is 0.000000194. The zero-order valence-electron chi connectivity index (χ0n) is 13.2.